The lowest BCUT2D eigenvalue weighted by Gasteiger charge is -2.12. The number of hydrogen-bond acceptors (Lipinski definition) is 4. The highest BCUT2D eigenvalue weighted by molar-refractivity contribution is 7.89. The first-order valence-electron chi connectivity index (χ1n) is 6.16. The number of benzene rings is 1. The highest BCUT2D eigenvalue weighted by Gasteiger charge is 2.22. The van der Waals surface area contributed by atoms with Crippen LogP contribution in [0.15, 0.2) is 29.2 Å². The molecule has 1 aromatic rings. The quantitative estimate of drug-likeness (QED) is 0.426. The van der Waals surface area contributed by atoms with Gasteiger partial charge < -0.3 is 0 Å². The summed E-state index contributed by atoms with van der Waals surface area (Å²) >= 11 is 0. The Hall–Kier alpha value is -1.44. The molecule has 6 nitrogen and oxygen atoms in total. The van der Waals surface area contributed by atoms with Crippen molar-refractivity contribution >= 4 is 15.9 Å². The third-order valence-corrected chi connectivity index (χ3v) is 4.77. The summed E-state index contributed by atoms with van der Waals surface area (Å²) in [6, 6.07) is 5.71. The van der Waals surface area contributed by atoms with Gasteiger partial charge in [0.1, 0.15) is 0 Å². The first-order chi connectivity index (χ1) is 9.03. The summed E-state index contributed by atoms with van der Waals surface area (Å²) in [5, 5.41) is 0. The van der Waals surface area contributed by atoms with E-state index in [9.17, 15) is 13.2 Å². The molecule has 7 heteroatoms. The van der Waals surface area contributed by atoms with Gasteiger partial charge in [-0.2, -0.15) is 0 Å². The Labute approximate surface area is 112 Å². The second-order valence-electron chi connectivity index (χ2n) is 4.60. The zero-order chi connectivity index (χ0) is 13.9. The van der Waals surface area contributed by atoms with Crippen LogP contribution in [-0.2, 0) is 10.0 Å². The second-order valence-corrected chi connectivity index (χ2v) is 6.31. The van der Waals surface area contributed by atoms with E-state index in [2.05, 4.69) is 4.72 Å². The van der Waals surface area contributed by atoms with E-state index in [1.807, 2.05) is 5.43 Å². The largest absolute Gasteiger partial charge is 0.290 e. The van der Waals surface area contributed by atoms with E-state index in [0.29, 0.717) is 5.56 Å². The Morgan fingerprint density at radius 3 is 2.26 bits per heavy atom. The van der Waals surface area contributed by atoms with Crippen LogP contribution < -0.4 is 16.0 Å². The third kappa shape index (κ3) is 3.31. The van der Waals surface area contributed by atoms with Crippen molar-refractivity contribution in [2.45, 2.75) is 36.6 Å². The van der Waals surface area contributed by atoms with Crippen LogP contribution in [0.3, 0.4) is 0 Å². The summed E-state index contributed by atoms with van der Waals surface area (Å²) in [6.07, 6.45) is 3.88. The van der Waals surface area contributed by atoms with E-state index in [4.69, 9.17) is 5.84 Å². The van der Waals surface area contributed by atoms with E-state index in [-0.39, 0.29) is 10.9 Å². The van der Waals surface area contributed by atoms with Crippen molar-refractivity contribution in [1.29, 1.82) is 0 Å². The zero-order valence-electron chi connectivity index (χ0n) is 10.4. The number of rotatable bonds is 4. The number of carbonyl (C=O) groups is 1. The molecule has 0 radical (unpaired) electrons. The SMILES string of the molecule is NNC(=O)c1ccc(S(=O)(=O)NC2CCCC2)cc1. The normalized spacial score (nSPS) is 16.5. The topological polar surface area (TPSA) is 101 Å². The van der Waals surface area contributed by atoms with Gasteiger partial charge in [-0.1, -0.05) is 12.8 Å². The average molecular weight is 283 g/mol. The summed E-state index contributed by atoms with van der Waals surface area (Å²) in [5.74, 6) is 4.56. The van der Waals surface area contributed by atoms with Crippen molar-refractivity contribution in [2.24, 2.45) is 5.84 Å². The number of nitrogens with one attached hydrogen (secondary N) is 2. The zero-order valence-corrected chi connectivity index (χ0v) is 11.2. The molecule has 1 amide bonds. The smallest absolute Gasteiger partial charge is 0.265 e. The van der Waals surface area contributed by atoms with Crippen LogP contribution in [0.4, 0.5) is 0 Å². The molecule has 1 saturated carbocycles. The Kier molecular flexibility index (Phi) is 4.18. The van der Waals surface area contributed by atoms with Gasteiger partial charge in [0.25, 0.3) is 5.91 Å². The van der Waals surface area contributed by atoms with Gasteiger partial charge in [0.05, 0.1) is 4.90 Å². The van der Waals surface area contributed by atoms with E-state index >= 15 is 0 Å². The number of hydrazine groups is 1. The van der Waals surface area contributed by atoms with Crippen molar-refractivity contribution < 1.29 is 13.2 Å². The van der Waals surface area contributed by atoms with Crippen LogP contribution in [0.25, 0.3) is 0 Å². The Morgan fingerprint density at radius 2 is 1.74 bits per heavy atom. The fraction of sp³-hybridized carbons (Fsp3) is 0.417. The minimum atomic E-state index is -3.51. The molecule has 4 N–H and O–H groups in total. The first kappa shape index (κ1) is 14.0. The van der Waals surface area contributed by atoms with Crippen molar-refractivity contribution in [2.75, 3.05) is 0 Å². The summed E-state index contributed by atoms with van der Waals surface area (Å²) in [7, 11) is -3.51. The van der Waals surface area contributed by atoms with E-state index in [1.54, 1.807) is 0 Å². The minimum absolute atomic E-state index is 0.0250. The number of amides is 1. The van der Waals surface area contributed by atoms with Crippen molar-refractivity contribution in [1.82, 2.24) is 10.1 Å². The summed E-state index contributed by atoms with van der Waals surface area (Å²) in [6.45, 7) is 0. The lowest BCUT2D eigenvalue weighted by atomic mass is 10.2. The van der Waals surface area contributed by atoms with Crippen LogP contribution in [0.1, 0.15) is 36.0 Å². The van der Waals surface area contributed by atoms with Gasteiger partial charge in [0, 0.05) is 11.6 Å². The average Bonchev–Trinajstić information content (AvgIpc) is 2.90. The number of hydrogen-bond donors (Lipinski definition) is 3. The Balaban J connectivity index is 2.14. The van der Waals surface area contributed by atoms with Gasteiger partial charge in [-0.25, -0.2) is 19.0 Å². The fourth-order valence-electron chi connectivity index (χ4n) is 2.20. The lowest BCUT2D eigenvalue weighted by molar-refractivity contribution is 0.0953. The number of sulfonamides is 1. The monoisotopic (exact) mass is 283 g/mol. The van der Waals surface area contributed by atoms with Gasteiger partial charge >= 0.3 is 0 Å². The number of carbonyl (C=O) groups excluding carboxylic acids is 1. The molecule has 0 bridgehead atoms. The van der Waals surface area contributed by atoms with Crippen molar-refractivity contribution in [3.05, 3.63) is 29.8 Å². The number of nitrogens with two attached hydrogens (primary N) is 1. The predicted octanol–water partition coefficient (Wildman–Crippen LogP) is 0.511. The molecule has 0 saturated heterocycles. The first-order valence-corrected chi connectivity index (χ1v) is 7.64. The molecule has 1 fully saturated rings. The second kappa shape index (κ2) is 5.68. The highest BCUT2D eigenvalue weighted by Crippen LogP contribution is 2.20. The van der Waals surface area contributed by atoms with Crippen LogP contribution in [-0.4, -0.2) is 20.4 Å². The predicted molar refractivity (Wildman–Crippen MR) is 70.7 cm³/mol. The molecule has 0 heterocycles. The Morgan fingerprint density at radius 1 is 1.16 bits per heavy atom. The van der Waals surface area contributed by atoms with Gasteiger partial charge in [-0.05, 0) is 37.1 Å². The third-order valence-electron chi connectivity index (χ3n) is 3.23. The lowest BCUT2D eigenvalue weighted by Crippen LogP contribution is -2.33. The van der Waals surface area contributed by atoms with Crippen LogP contribution >= 0.6 is 0 Å². The summed E-state index contributed by atoms with van der Waals surface area (Å²) in [5.41, 5.74) is 2.32. The standard InChI is InChI=1S/C12H17N3O3S/c13-14-12(16)9-5-7-11(8-6-9)19(17,18)15-10-3-1-2-4-10/h5-8,10,15H,1-4,13H2,(H,14,16). The van der Waals surface area contributed by atoms with Gasteiger partial charge in [-0.3, -0.25) is 10.2 Å². The van der Waals surface area contributed by atoms with Crippen LogP contribution in [0.2, 0.25) is 0 Å². The molecule has 2 rings (SSSR count). The van der Waals surface area contributed by atoms with Crippen LogP contribution in [0.5, 0.6) is 0 Å². The van der Waals surface area contributed by atoms with Crippen LogP contribution in [0, 0.1) is 0 Å². The van der Waals surface area contributed by atoms with Crippen molar-refractivity contribution in [3.8, 4) is 0 Å². The molecule has 0 aliphatic heterocycles. The molecule has 19 heavy (non-hydrogen) atoms. The fourth-order valence-corrected chi connectivity index (χ4v) is 3.50. The molecule has 104 valence electrons. The molecular weight excluding hydrogens is 266 g/mol. The summed E-state index contributed by atoms with van der Waals surface area (Å²) in [4.78, 5) is 11.4. The maximum atomic E-state index is 12.1. The Bertz CT molecular complexity index is 548. The molecule has 1 aliphatic carbocycles. The molecular formula is C12H17N3O3S. The van der Waals surface area contributed by atoms with Gasteiger partial charge in [0.2, 0.25) is 10.0 Å². The molecule has 1 aliphatic rings. The minimum Gasteiger partial charge on any atom is -0.290 e. The highest BCUT2D eigenvalue weighted by atomic mass is 32.2. The maximum Gasteiger partial charge on any atom is 0.265 e. The number of nitrogen functional groups attached to an aromatic ring is 1. The molecule has 0 spiro atoms. The van der Waals surface area contributed by atoms with Gasteiger partial charge in [-0.15, -0.1) is 0 Å². The van der Waals surface area contributed by atoms with Gasteiger partial charge in [0.15, 0.2) is 0 Å². The molecule has 0 atom stereocenters. The van der Waals surface area contributed by atoms with E-state index < -0.39 is 15.9 Å². The van der Waals surface area contributed by atoms with E-state index in [0.717, 1.165) is 25.7 Å². The summed E-state index contributed by atoms with van der Waals surface area (Å²) < 4.78 is 26.9. The maximum absolute atomic E-state index is 12.1. The molecule has 1 aromatic carbocycles. The van der Waals surface area contributed by atoms with Crippen molar-refractivity contribution in [3.63, 3.8) is 0 Å². The molecule has 0 unspecified atom stereocenters. The van der Waals surface area contributed by atoms with E-state index in [1.165, 1.54) is 24.3 Å². The molecule has 0 aromatic heterocycles.